The van der Waals surface area contributed by atoms with E-state index in [0.29, 0.717) is 16.4 Å². The van der Waals surface area contributed by atoms with Gasteiger partial charge in [0.05, 0.1) is 25.1 Å². The van der Waals surface area contributed by atoms with Gasteiger partial charge in [0, 0.05) is 36.6 Å². The predicted octanol–water partition coefficient (Wildman–Crippen LogP) is 5.42. The van der Waals surface area contributed by atoms with Crippen molar-refractivity contribution in [3.63, 3.8) is 0 Å². The van der Waals surface area contributed by atoms with Crippen LogP contribution in [0.5, 0.6) is 11.5 Å². The number of nitrogens with zero attached hydrogens (tertiary/aromatic N) is 2. The highest BCUT2D eigenvalue weighted by atomic mass is 32.1. The Balaban J connectivity index is 1.78. The van der Waals surface area contributed by atoms with Crippen molar-refractivity contribution in [2.75, 3.05) is 52.3 Å². The fraction of sp³-hybridized carbons (Fsp3) is 0.423. The number of benzene rings is 1. The second-order valence-electron chi connectivity index (χ2n) is 8.44. The summed E-state index contributed by atoms with van der Waals surface area (Å²) in [6, 6.07) is 9.94. The van der Waals surface area contributed by atoms with Gasteiger partial charge in [-0.25, -0.2) is 0 Å². The van der Waals surface area contributed by atoms with Crippen LogP contribution >= 0.6 is 22.7 Å². The number of hydrogen-bond donors (Lipinski definition) is 1. The van der Waals surface area contributed by atoms with Gasteiger partial charge in [-0.1, -0.05) is 19.1 Å². The molecular formula is C26H33N3O3S2. The molecule has 2 aromatic heterocycles. The van der Waals surface area contributed by atoms with Crippen LogP contribution in [0.3, 0.4) is 0 Å². The van der Waals surface area contributed by atoms with E-state index in [1.807, 2.05) is 23.6 Å². The molecular weight excluding hydrogens is 466 g/mol. The van der Waals surface area contributed by atoms with E-state index >= 15 is 0 Å². The van der Waals surface area contributed by atoms with Gasteiger partial charge in [0.15, 0.2) is 11.5 Å². The summed E-state index contributed by atoms with van der Waals surface area (Å²) in [6.45, 7) is 11.5. The zero-order chi connectivity index (χ0) is 24.2. The minimum Gasteiger partial charge on any atom is -0.493 e. The van der Waals surface area contributed by atoms with E-state index in [4.69, 9.17) is 9.47 Å². The fourth-order valence-corrected chi connectivity index (χ4v) is 6.27. The lowest BCUT2D eigenvalue weighted by Crippen LogP contribution is -2.47. The first-order chi connectivity index (χ1) is 16.5. The highest BCUT2D eigenvalue weighted by Gasteiger charge is 2.32. The number of thiophene rings is 2. The van der Waals surface area contributed by atoms with Crippen LogP contribution in [0.15, 0.2) is 35.7 Å². The Morgan fingerprint density at radius 3 is 2.44 bits per heavy atom. The smallest absolute Gasteiger partial charge is 0.266 e. The Hall–Kier alpha value is -2.39. The maximum Gasteiger partial charge on any atom is 0.266 e. The van der Waals surface area contributed by atoms with Gasteiger partial charge < -0.3 is 19.7 Å². The summed E-state index contributed by atoms with van der Waals surface area (Å²) in [5.74, 6) is 1.37. The Morgan fingerprint density at radius 2 is 1.82 bits per heavy atom. The molecule has 1 aliphatic heterocycles. The molecule has 0 spiro atoms. The first-order valence-electron chi connectivity index (χ1n) is 11.6. The maximum absolute atomic E-state index is 13.0. The third kappa shape index (κ3) is 5.00. The van der Waals surface area contributed by atoms with Gasteiger partial charge >= 0.3 is 0 Å². The van der Waals surface area contributed by atoms with Crippen LogP contribution in [0.25, 0.3) is 0 Å². The van der Waals surface area contributed by atoms with Crippen molar-refractivity contribution < 1.29 is 14.3 Å². The van der Waals surface area contributed by atoms with Crippen molar-refractivity contribution in [1.29, 1.82) is 0 Å². The summed E-state index contributed by atoms with van der Waals surface area (Å²) in [5, 5.41) is 6.09. The molecule has 8 heteroatoms. The molecule has 6 nitrogen and oxygen atoms in total. The number of anilines is 1. The zero-order valence-corrected chi connectivity index (χ0v) is 22.1. The summed E-state index contributed by atoms with van der Waals surface area (Å²) in [6.07, 6.45) is 0. The van der Waals surface area contributed by atoms with E-state index in [2.05, 4.69) is 48.0 Å². The zero-order valence-electron chi connectivity index (χ0n) is 20.5. The molecule has 0 aliphatic carbocycles. The second-order valence-corrected chi connectivity index (χ2v) is 10.6. The molecule has 1 N–H and O–H groups in total. The van der Waals surface area contributed by atoms with E-state index in [1.54, 1.807) is 25.6 Å². The van der Waals surface area contributed by atoms with Gasteiger partial charge in [-0.2, -0.15) is 0 Å². The standard InChI is InChI=1S/C26H33N3O3S2/c1-6-28-11-13-29(14-12-28)24(19-9-10-20(31-4)21(16-19)32-5)23-17(2)18(3)34-26(23)27-25(30)22-8-7-15-33-22/h7-10,15-16,24H,6,11-14H2,1-5H3,(H,27,30)/t24-/m1/s1. The molecule has 182 valence electrons. The normalized spacial score (nSPS) is 15.8. The average molecular weight is 500 g/mol. The maximum atomic E-state index is 13.0. The highest BCUT2D eigenvalue weighted by molar-refractivity contribution is 7.17. The van der Waals surface area contributed by atoms with E-state index in [-0.39, 0.29) is 11.9 Å². The Kier molecular flexibility index (Phi) is 7.93. The number of carbonyl (C=O) groups excluding carboxylic acids is 1. The van der Waals surface area contributed by atoms with Crippen LogP contribution in [0.2, 0.25) is 0 Å². The number of methoxy groups -OCH3 is 2. The number of likely N-dealkylation sites (N-methyl/N-ethyl adjacent to an activating group) is 1. The van der Waals surface area contributed by atoms with Crippen LogP contribution in [0.1, 0.15) is 44.2 Å². The molecule has 0 saturated carbocycles. The topological polar surface area (TPSA) is 54.0 Å². The Bertz CT molecular complexity index is 1120. The summed E-state index contributed by atoms with van der Waals surface area (Å²) in [7, 11) is 3.33. The van der Waals surface area contributed by atoms with Crippen LogP contribution in [0.4, 0.5) is 5.00 Å². The molecule has 1 aromatic carbocycles. The van der Waals surface area contributed by atoms with Crippen molar-refractivity contribution in [3.8, 4) is 11.5 Å². The van der Waals surface area contributed by atoms with Crippen LogP contribution in [-0.2, 0) is 0 Å². The Labute approximate surface area is 210 Å². The lowest BCUT2D eigenvalue weighted by molar-refractivity contribution is 0.102. The number of piperazine rings is 1. The number of amides is 1. The molecule has 3 heterocycles. The van der Waals surface area contributed by atoms with Gasteiger partial charge in [0.2, 0.25) is 0 Å². The minimum absolute atomic E-state index is 0.00222. The SMILES string of the molecule is CCN1CCN([C@H](c2ccc(OC)c(OC)c2)c2c(NC(=O)c3cccs3)sc(C)c2C)CC1. The minimum atomic E-state index is -0.0561. The summed E-state index contributed by atoms with van der Waals surface area (Å²) >= 11 is 3.11. The van der Waals surface area contributed by atoms with Crippen molar-refractivity contribution in [3.05, 3.63) is 62.2 Å². The molecule has 1 amide bonds. The van der Waals surface area contributed by atoms with Crippen molar-refractivity contribution >= 4 is 33.6 Å². The molecule has 4 rings (SSSR count). The number of nitrogens with one attached hydrogen (secondary N) is 1. The molecule has 1 saturated heterocycles. The van der Waals surface area contributed by atoms with Crippen molar-refractivity contribution in [2.24, 2.45) is 0 Å². The average Bonchev–Trinajstić information content (AvgIpc) is 3.49. The first kappa shape index (κ1) is 24.7. The van der Waals surface area contributed by atoms with Gasteiger partial charge in [-0.15, -0.1) is 22.7 Å². The second kappa shape index (κ2) is 10.9. The summed E-state index contributed by atoms with van der Waals surface area (Å²) in [4.78, 5) is 19.9. The van der Waals surface area contributed by atoms with Crippen molar-refractivity contribution in [1.82, 2.24) is 9.80 Å². The molecule has 1 atom stereocenters. The lowest BCUT2D eigenvalue weighted by Gasteiger charge is -2.40. The molecule has 0 radical (unpaired) electrons. The van der Waals surface area contributed by atoms with Gasteiger partial charge in [0.25, 0.3) is 5.91 Å². The third-order valence-electron chi connectivity index (χ3n) is 6.62. The number of rotatable bonds is 8. The number of hydrogen-bond acceptors (Lipinski definition) is 7. The summed E-state index contributed by atoms with van der Waals surface area (Å²) in [5.41, 5.74) is 3.53. The van der Waals surface area contributed by atoms with E-state index in [0.717, 1.165) is 43.3 Å². The van der Waals surface area contributed by atoms with Gasteiger partial charge in [-0.05, 0) is 55.1 Å². The molecule has 1 fully saturated rings. The third-order valence-corrected chi connectivity index (χ3v) is 8.63. The van der Waals surface area contributed by atoms with E-state index in [1.165, 1.54) is 27.3 Å². The van der Waals surface area contributed by atoms with Crippen LogP contribution in [0, 0.1) is 13.8 Å². The monoisotopic (exact) mass is 499 g/mol. The molecule has 3 aromatic rings. The largest absolute Gasteiger partial charge is 0.493 e. The highest BCUT2D eigenvalue weighted by Crippen LogP contribution is 2.44. The van der Waals surface area contributed by atoms with Gasteiger partial charge in [-0.3, -0.25) is 9.69 Å². The van der Waals surface area contributed by atoms with Crippen LogP contribution in [-0.4, -0.2) is 62.7 Å². The Morgan fingerprint density at radius 1 is 1.09 bits per heavy atom. The first-order valence-corrected chi connectivity index (χ1v) is 13.3. The van der Waals surface area contributed by atoms with E-state index < -0.39 is 0 Å². The molecule has 0 unspecified atom stereocenters. The predicted molar refractivity (Wildman–Crippen MR) is 141 cm³/mol. The van der Waals surface area contributed by atoms with Crippen LogP contribution < -0.4 is 14.8 Å². The van der Waals surface area contributed by atoms with Gasteiger partial charge in [0.1, 0.15) is 5.00 Å². The fourth-order valence-electron chi connectivity index (χ4n) is 4.56. The number of ether oxygens (including phenoxy) is 2. The molecule has 0 bridgehead atoms. The number of aryl methyl sites for hydroxylation is 1. The number of carbonyl (C=O) groups is 1. The van der Waals surface area contributed by atoms with E-state index in [9.17, 15) is 4.79 Å². The quantitative estimate of drug-likeness (QED) is 0.448. The molecule has 34 heavy (non-hydrogen) atoms. The molecule has 1 aliphatic rings. The lowest BCUT2D eigenvalue weighted by atomic mass is 9.94. The van der Waals surface area contributed by atoms with Crippen molar-refractivity contribution in [2.45, 2.75) is 26.8 Å². The summed E-state index contributed by atoms with van der Waals surface area (Å²) < 4.78 is 11.1.